The Bertz CT molecular complexity index is 88.7. The first-order valence-electron chi connectivity index (χ1n) is 2.53. The predicted molar refractivity (Wildman–Crippen MR) is 36.4 cm³/mol. The summed E-state index contributed by atoms with van der Waals surface area (Å²) in [5, 5.41) is 5.86. The van der Waals surface area contributed by atoms with Crippen molar-refractivity contribution in [3.05, 3.63) is 24.6 Å². The molecule has 0 amide bonds. The van der Waals surface area contributed by atoms with E-state index in [0.717, 1.165) is 5.82 Å². The van der Waals surface area contributed by atoms with Gasteiger partial charge in [-0.05, 0) is 6.08 Å². The first kappa shape index (κ1) is 7.08. The van der Waals surface area contributed by atoms with E-state index in [9.17, 15) is 0 Å². The lowest BCUT2D eigenvalue weighted by Gasteiger charge is -2.01. The predicted octanol–water partition coefficient (Wildman–Crippen LogP) is 0.453. The van der Waals surface area contributed by atoms with Gasteiger partial charge in [-0.25, -0.2) is 0 Å². The number of hydrogen-bond donors (Lipinski definition) is 2. The minimum atomic E-state index is 0.972. The van der Waals surface area contributed by atoms with E-state index >= 15 is 0 Å². The SMILES string of the molecule is C=CC=C(NC)NC. The maximum absolute atomic E-state index is 3.54. The Labute approximate surface area is 50.3 Å². The first-order chi connectivity index (χ1) is 3.85. The maximum atomic E-state index is 3.54. The van der Waals surface area contributed by atoms with Gasteiger partial charge in [0.2, 0.25) is 0 Å². The molecule has 8 heavy (non-hydrogen) atoms. The van der Waals surface area contributed by atoms with Crippen LogP contribution < -0.4 is 10.6 Å². The van der Waals surface area contributed by atoms with Gasteiger partial charge in [0.1, 0.15) is 0 Å². The summed E-state index contributed by atoms with van der Waals surface area (Å²) in [5.41, 5.74) is 0. The Morgan fingerprint density at radius 2 is 1.88 bits per heavy atom. The molecule has 0 aromatic heterocycles. The summed E-state index contributed by atoms with van der Waals surface area (Å²) in [4.78, 5) is 0. The van der Waals surface area contributed by atoms with Gasteiger partial charge in [0.05, 0.1) is 5.82 Å². The molecule has 0 heterocycles. The summed E-state index contributed by atoms with van der Waals surface area (Å²) in [6, 6.07) is 0. The minimum absolute atomic E-state index is 0.972. The molecule has 0 aliphatic heterocycles. The second-order valence-electron chi connectivity index (χ2n) is 1.32. The van der Waals surface area contributed by atoms with Crippen LogP contribution in [-0.2, 0) is 0 Å². The first-order valence-corrected chi connectivity index (χ1v) is 2.53. The normalized spacial score (nSPS) is 7.25. The molecular formula is C6H12N2. The third-order valence-corrected chi connectivity index (χ3v) is 0.823. The lowest BCUT2D eigenvalue weighted by molar-refractivity contribution is 0.838. The minimum Gasteiger partial charge on any atom is -0.375 e. The van der Waals surface area contributed by atoms with Gasteiger partial charge in [-0.15, -0.1) is 0 Å². The van der Waals surface area contributed by atoms with Crippen molar-refractivity contribution in [2.45, 2.75) is 0 Å². The van der Waals surface area contributed by atoms with Gasteiger partial charge < -0.3 is 10.6 Å². The molecule has 0 atom stereocenters. The molecule has 2 nitrogen and oxygen atoms in total. The van der Waals surface area contributed by atoms with Crippen LogP contribution in [-0.4, -0.2) is 14.1 Å². The molecule has 0 aromatic rings. The quantitative estimate of drug-likeness (QED) is 0.518. The Morgan fingerprint density at radius 1 is 1.38 bits per heavy atom. The molecule has 0 bridgehead atoms. The van der Waals surface area contributed by atoms with Gasteiger partial charge in [-0.2, -0.15) is 0 Å². The van der Waals surface area contributed by atoms with Gasteiger partial charge in [0.25, 0.3) is 0 Å². The van der Waals surface area contributed by atoms with Crippen molar-refractivity contribution < 1.29 is 0 Å². The smallest absolute Gasteiger partial charge is 0.0981 e. The Hall–Kier alpha value is -0.920. The molecule has 2 heteroatoms. The number of rotatable bonds is 3. The Kier molecular flexibility index (Phi) is 3.76. The van der Waals surface area contributed by atoms with Crippen LogP contribution in [0.25, 0.3) is 0 Å². The summed E-state index contributed by atoms with van der Waals surface area (Å²) in [6.45, 7) is 3.54. The van der Waals surface area contributed by atoms with E-state index in [2.05, 4.69) is 17.2 Å². The average Bonchev–Trinajstić information content (AvgIpc) is 1.83. The molecule has 0 saturated carbocycles. The molecule has 0 radical (unpaired) electrons. The van der Waals surface area contributed by atoms with Crippen LogP contribution in [0.4, 0.5) is 0 Å². The van der Waals surface area contributed by atoms with E-state index < -0.39 is 0 Å². The molecule has 0 spiro atoms. The average molecular weight is 112 g/mol. The van der Waals surface area contributed by atoms with E-state index in [0.29, 0.717) is 0 Å². The van der Waals surface area contributed by atoms with Crippen molar-refractivity contribution in [1.82, 2.24) is 10.6 Å². The number of allylic oxidation sites excluding steroid dienone is 2. The topological polar surface area (TPSA) is 24.1 Å². The van der Waals surface area contributed by atoms with Crippen LogP contribution in [0.5, 0.6) is 0 Å². The van der Waals surface area contributed by atoms with Crippen LogP contribution in [0.2, 0.25) is 0 Å². The van der Waals surface area contributed by atoms with Crippen molar-refractivity contribution in [3.63, 3.8) is 0 Å². The summed E-state index contributed by atoms with van der Waals surface area (Å²) >= 11 is 0. The van der Waals surface area contributed by atoms with E-state index in [-0.39, 0.29) is 0 Å². The zero-order valence-electron chi connectivity index (χ0n) is 5.36. The largest absolute Gasteiger partial charge is 0.375 e. The fourth-order valence-corrected chi connectivity index (χ4v) is 0.410. The van der Waals surface area contributed by atoms with Gasteiger partial charge in [-0.3, -0.25) is 0 Å². The fraction of sp³-hybridized carbons (Fsp3) is 0.333. The lowest BCUT2D eigenvalue weighted by Crippen LogP contribution is -2.18. The molecule has 0 fully saturated rings. The third-order valence-electron chi connectivity index (χ3n) is 0.823. The van der Waals surface area contributed by atoms with E-state index in [1.54, 1.807) is 6.08 Å². The van der Waals surface area contributed by atoms with Crippen LogP contribution in [0.1, 0.15) is 0 Å². The molecular weight excluding hydrogens is 100 g/mol. The molecule has 46 valence electrons. The molecule has 0 aromatic carbocycles. The second kappa shape index (κ2) is 4.24. The van der Waals surface area contributed by atoms with Crippen LogP contribution >= 0.6 is 0 Å². The van der Waals surface area contributed by atoms with E-state index in [1.165, 1.54) is 0 Å². The van der Waals surface area contributed by atoms with Gasteiger partial charge in [-0.1, -0.05) is 12.7 Å². The summed E-state index contributed by atoms with van der Waals surface area (Å²) in [7, 11) is 3.71. The molecule has 2 N–H and O–H groups in total. The zero-order chi connectivity index (χ0) is 6.41. The standard InChI is InChI=1S/C6H12N2/c1-4-5-6(7-2)8-3/h4-5,7-8H,1H2,2-3H3. The number of hydrogen-bond acceptors (Lipinski definition) is 2. The van der Waals surface area contributed by atoms with Gasteiger partial charge in [0.15, 0.2) is 0 Å². The van der Waals surface area contributed by atoms with Crippen molar-refractivity contribution in [2.75, 3.05) is 14.1 Å². The summed E-state index contributed by atoms with van der Waals surface area (Å²) in [6.07, 6.45) is 3.59. The highest BCUT2D eigenvalue weighted by Crippen LogP contribution is 1.77. The van der Waals surface area contributed by atoms with Crippen LogP contribution in [0.3, 0.4) is 0 Å². The number of nitrogens with one attached hydrogen (secondary N) is 2. The highest BCUT2D eigenvalue weighted by Gasteiger charge is 1.78. The molecule has 0 saturated heterocycles. The maximum Gasteiger partial charge on any atom is 0.0981 e. The zero-order valence-corrected chi connectivity index (χ0v) is 5.36. The van der Waals surface area contributed by atoms with Crippen LogP contribution in [0.15, 0.2) is 24.6 Å². The van der Waals surface area contributed by atoms with Gasteiger partial charge >= 0.3 is 0 Å². The Balaban J connectivity index is 3.66. The van der Waals surface area contributed by atoms with E-state index in [4.69, 9.17) is 0 Å². The highest BCUT2D eigenvalue weighted by atomic mass is 15.0. The molecule has 0 aliphatic carbocycles. The van der Waals surface area contributed by atoms with Crippen molar-refractivity contribution in [3.8, 4) is 0 Å². The second-order valence-corrected chi connectivity index (χ2v) is 1.32. The summed E-state index contributed by atoms with van der Waals surface area (Å²) in [5.74, 6) is 0.972. The molecule has 0 rings (SSSR count). The van der Waals surface area contributed by atoms with Crippen molar-refractivity contribution >= 4 is 0 Å². The van der Waals surface area contributed by atoms with Crippen LogP contribution in [0, 0.1) is 0 Å². The fourth-order valence-electron chi connectivity index (χ4n) is 0.410. The Morgan fingerprint density at radius 3 is 2.00 bits per heavy atom. The lowest BCUT2D eigenvalue weighted by atomic mass is 10.5. The van der Waals surface area contributed by atoms with E-state index in [1.807, 2.05) is 20.2 Å². The molecule has 0 aliphatic rings. The monoisotopic (exact) mass is 112 g/mol. The van der Waals surface area contributed by atoms with Crippen molar-refractivity contribution in [2.24, 2.45) is 0 Å². The molecule has 0 unspecified atom stereocenters. The third kappa shape index (κ3) is 2.29. The summed E-state index contributed by atoms with van der Waals surface area (Å²) < 4.78 is 0. The van der Waals surface area contributed by atoms with Gasteiger partial charge in [0, 0.05) is 14.1 Å². The van der Waals surface area contributed by atoms with Crippen molar-refractivity contribution in [1.29, 1.82) is 0 Å². The highest BCUT2D eigenvalue weighted by molar-refractivity contribution is 5.05.